The van der Waals surface area contributed by atoms with Gasteiger partial charge in [-0.25, -0.2) is 9.59 Å². The predicted octanol–water partition coefficient (Wildman–Crippen LogP) is 5.61. The highest BCUT2D eigenvalue weighted by molar-refractivity contribution is 6.10. The normalized spacial score (nSPS) is 21.2. The summed E-state index contributed by atoms with van der Waals surface area (Å²) in [6.07, 6.45) is 1.49. The average Bonchev–Trinajstić information content (AvgIpc) is 3.00. The van der Waals surface area contributed by atoms with E-state index in [9.17, 15) is 39.0 Å². The van der Waals surface area contributed by atoms with E-state index in [0.29, 0.717) is 50.1 Å². The van der Waals surface area contributed by atoms with Crippen molar-refractivity contribution in [1.29, 1.82) is 0 Å². The lowest BCUT2D eigenvalue weighted by atomic mass is 9.39. The molecule has 0 bridgehead atoms. The van der Waals surface area contributed by atoms with E-state index in [2.05, 4.69) is 21.3 Å². The highest BCUT2D eigenvalue weighted by Crippen LogP contribution is 2.64. The molecule has 2 aromatic carbocycles. The second-order valence-electron chi connectivity index (χ2n) is 15.5. The maximum atomic E-state index is 13.8. The molecule has 4 unspecified atom stereocenters. The van der Waals surface area contributed by atoms with Gasteiger partial charge in [-0.1, -0.05) is 24.3 Å². The number of carbonyl (C=O) groups is 6. The Kier molecular flexibility index (Phi) is 13.1. The molecule has 1 fully saturated rings. The van der Waals surface area contributed by atoms with Crippen LogP contribution in [0.2, 0.25) is 0 Å². The van der Waals surface area contributed by atoms with Crippen LogP contribution in [0.25, 0.3) is 0 Å². The Morgan fingerprint density at radius 2 is 1.04 bits per heavy atom. The molecule has 0 radical (unpaired) electrons. The first-order valence-corrected chi connectivity index (χ1v) is 17.3. The zero-order valence-corrected chi connectivity index (χ0v) is 31.2. The van der Waals surface area contributed by atoms with Gasteiger partial charge in [0.2, 0.25) is 11.8 Å². The number of hydrogen-bond acceptors (Lipinski definition) is 8. The molecule has 6 N–H and O–H groups in total. The fourth-order valence-electron chi connectivity index (χ4n) is 6.63. The monoisotopic (exact) mass is 724 g/mol. The van der Waals surface area contributed by atoms with Crippen molar-refractivity contribution in [2.75, 3.05) is 23.7 Å². The third-order valence-corrected chi connectivity index (χ3v) is 8.91. The van der Waals surface area contributed by atoms with Gasteiger partial charge in [0, 0.05) is 24.5 Å². The molecule has 0 spiro atoms. The van der Waals surface area contributed by atoms with Crippen molar-refractivity contribution in [2.24, 2.45) is 22.7 Å². The van der Waals surface area contributed by atoms with Gasteiger partial charge in [-0.2, -0.15) is 0 Å². The number of nitrogens with one attached hydrogen (secondary N) is 4. The van der Waals surface area contributed by atoms with Crippen LogP contribution in [0.3, 0.4) is 0 Å². The van der Waals surface area contributed by atoms with E-state index in [-0.39, 0.29) is 0 Å². The SMILES string of the molecule is CC(C)(C)OC(=O)NCCCc1ccc(NC(=O)C2C(C)(C(=O)O)C(C(=O)O)C2(C)C(=O)Nc2ccc(CCCNC(=O)OC(C)(C)C)cc2)cc1. The van der Waals surface area contributed by atoms with E-state index in [1.54, 1.807) is 90.1 Å². The zero-order chi connectivity index (χ0) is 39.1. The summed E-state index contributed by atoms with van der Waals surface area (Å²) in [7, 11) is 0. The minimum atomic E-state index is -2.08. The smallest absolute Gasteiger partial charge is 0.407 e. The fraction of sp³-hybridized carbons (Fsp3) is 0.526. The van der Waals surface area contributed by atoms with Gasteiger partial charge in [-0.15, -0.1) is 0 Å². The molecule has 1 saturated carbocycles. The van der Waals surface area contributed by atoms with Crippen LogP contribution in [-0.4, -0.2) is 70.4 Å². The molecular formula is C38H52N4O10. The summed E-state index contributed by atoms with van der Waals surface area (Å²) in [5.41, 5.74) is -2.68. The van der Waals surface area contributed by atoms with E-state index < -0.39 is 69.8 Å². The van der Waals surface area contributed by atoms with Crippen molar-refractivity contribution in [3.8, 4) is 0 Å². The molecule has 1 aliphatic carbocycles. The second-order valence-corrected chi connectivity index (χ2v) is 15.5. The Hall–Kier alpha value is -5.14. The molecule has 52 heavy (non-hydrogen) atoms. The first-order valence-electron chi connectivity index (χ1n) is 17.3. The summed E-state index contributed by atoms with van der Waals surface area (Å²) in [6.45, 7) is 13.9. The van der Waals surface area contributed by atoms with Crippen molar-refractivity contribution in [3.63, 3.8) is 0 Å². The minimum absolute atomic E-state index is 0.339. The van der Waals surface area contributed by atoms with Crippen molar-refractivity contribution in [1.82, 2.24) is 10.6 Å². The number of carboxylic acid groups (broad SMARTS) is 2. The van der Waals surface area contributed by atoms with Crippen LogP contribution in [0.1, 0.15) is 79.4 Å². The molecule has 4 amide bonds. The number of carboxylic acids is 2. The first-order chi connectivity index (χ1) is 24.1. The Morgan fingerprint density at radius 3 is 1.40 bits per heavy atom. The van der Waals surface area contributed by atoms with Crippen molar-refractivity contribution >= 4 is 47.3 Å². The molecule has 0 aromatic heterocycles. The number of anilines is 2. The minimum Gasteiger partial charge on any atom is -0.481 e. The lowest BCUT2D eigenvalue weighted by molar-refractivity contribution is -0.215. The number of rotatable bonds is 14. The van der Waals surface area contributed by atoms with Gasteiger partial charge in [0.25, 0.3) is 0 Å². The molecule has 2 aromatic rings. The number of hydrogen-bond donors (Lipinski definition) is 6. The zero-order valence-electron chi connectivity index (χ0n) is 31.2. The van der Waals surface area contributed by atoms with E-state index in [1.165, 1.54) is 13.8 Å². The van der Waals surface area contributed by atoms with Crippen LogP contribution in [0.5, 0.6) is 0 Å². The van der Waals surface area contributed by atoms with Crippen molar-refractivity contribution in [3.05, 3.63) is 59.7 Å². The number of amides is 4. The van der Waals surface area contributed by atoms with E-state index in [1.807, 2.05) is 0 Å². The van der Waals surface area contributed by atoms with Gasteiger partial charge >= 0.3 is 24.1 Å². The largest absolute Gasteiger partial charge is 0.481 e. The molecule has 14 nitrogen and oxygen atoms in total. The molecule has 3 rings (SSSR count). The number of carbonyl (C=O) groups excluding carboxylic acids is 4. The summed E-state index contributed by atoms with van der Waals surface area (Å²) < 4.78 is 10.4. The molecular weight excluding hydrogens is 672 g/mol. The predicted molar refractivity (Wildman–Crippen MR) is 194 cm³/mol. The molecule has 14 heteroatoms. The molecule has 4 atom stereocenters. The van der Waals surface area contributed by atoms with Crippen LogP contribution < -0.4 is 21.3 Å². The van der Waals surface area contributed by atoms with Gasteiger partial charge < -0.3 is 41.0 Å². The molecule has 0 heterocycles. The van der Waals surface area contributed by atoms with Gasteiger partial charge in [-0.3, -0.25) is 19.2 Å². The van der Waals surface area contributed by atoms with E-state index in [0.717, 1.165) is 11.1 Å². The summed E-state index contributed by atoms with van der Waals surface area (Å²) >= 11 is 0. The summed E-state index contributed by atoms with van der Waals surface area (Å²) in [5.74, 6) is -7.86. The summed E-state index contributed by atoms with van der Waals surface area (Å²) in [4.78, 5) is 76.3. The lowest BCUT2D eigenvalue weighted by Crippen LogP contribution is -2.74. The van der Waals surface area contributed by atoms with Crippen LogP contribution in [0.4, 0.5) is 21.0 Å². The Morgan fingerprint density at radius 1 is 0.635 bits per heavy atom. The standard InChI is InChI=1S/C38H52N4O10/c1-35(2,3)51-33(49)39-21-9-11-23-13-17-25(18-14-23)41-29(43)27-37(7,28(30(44)45)38(27,8)32(47)48)31(46)42-26-19-15-24(16-20-26)12-10-22-40-34(50)52-36(4,5)6/h13-20,27-28H,9-12,21-22H2,1-8H3,(H,39,49)(H,40,50)(H,41,43)(H,42,46)(H,44,45)(H,47,48). The Balaban J connectivity index is 1.66. The molecule has 284 valence electrons. The maximum Gasteiger partial charge on any atom is 0.407 e. The highest BCUT2D eigenvalue weighted by Gasteiger charge is 2.78. The van der Waals surface area contributed by atoms with Gasteiger partial charge in [-0.05, 0) is 116 Å². The lowest BCUT2D eigenvalue weighted by Gasteiger charge is -2.59. The third-order valence-electron chi connectivity index (χ3n) is 8.91. The van der Waals surface area contributed by atoms with Crippen LogP contribution in [0, 0.1) is 22.7 Å². The first kappa shape index (κ1) is 41.3. The number of aliphatic carboxylic acids is 2. The topological polar surface area (TPSA) is 209 Å². The quantitative estimate of drug-likeness (QED) is 0.133. The van der Waals surface area contributed by atoms with Gasteiger partial charge in [0.15, 0.2) is 0 Å². The number of ether oxygens (including phenoxy) is 2. The average molecular weight is 725 g/mol. The molecule has 0 aliphatic heterocycles. The number of benzene rings is 2. The van der Waals surface area contributed by atoms with Gasteiger partial charge in [0.1, 0.15) is 11.2 Å². The van der Waals surface area contributed by atoms with Crippen molar-refractivity contribution < 1.29 is 48.5 Å². The fourth-order valence-corrected chi connectivity index (χ4v) is 6.63. The maximum absolute atomic E-state index is 13.8. The number of alkyl carbamates (subject to hydrolysis) is 2. The second kappa shape index (κ2) is 16.5. The van der Waals surface area contributed by atoms with E-state index >= 15 is 0 Å². The van der Waals surface area contributed by atoms with Crippen LogP contribution in [0.15, 0.2) is 48.5 Å². The molecule has 1 aliphatic rings. The van der Waals surface area contributed by atoms with Crippen molar-refractivity contribution in [2.45, 2.75) is 92.3 Å². The summed E-state index contributed by atoms with van der Waals surface area (Å²) in [5, 5.41) is 31.1. The van der Waals surface area contributed by atoms with E-state index in [4.69, 9.17) is 9.47 Å². The highest BCUT2D eigenvalue weighted by atomic mass is 16.6. The summed E-state index contributed by atoms with van der Waals surface area (Å²) in [6, 6.07) is 13.6. The van der Waals surface area contributed by atoms with Crippen LogP contribution in [-0.2, 0) is 41.5 Å². The Bertz CT molecular complexity index is 1630. The number of aryl methyl sites for hydroxylation is 2. The van der Waals surface area contributed by atoms with Crippen LogP contribution >= 0.6 is 0 Å². The Labute approximate surface area is 304 Å². The third kappa shape index (κ3) is 10.5. The van der Waals surface area contributed by atoms with Gasteiger partial charge in [0.05, 0.1) is 22.7 Å². The molecule has 0 saturated heterocycles.